The molecule has 7 heteroatoms. The molecule has 0 aliphatic carbocycles. The molecule has 4 heterocycles. The Kier molecular flexibility index (Phi) is 3.49. The summed E-state index contributed by atoms with van der Waals surface area (Å²) >= 11 is 0. The van der Waals surface area contributed by atoms with Gasteiger partial charge >= 0.3 is 5.97 Å². The number of imidazole rings is 1. The first kappa shape index (κ1) is 15.3. The van der Waals surface area contributed by atoms with Gasteiger partial charge in [-0.15, -0.1) is 0 Å². The van der Waals surface area contributed by atoms with Crippen molar-refractivity contribution in [2.45, 2.75) is 27.4 Å². The molecule has 0 N–H and O–H groups in total. The summed E-state index contributed by atoms with van der Waals surface area (Å²) in [7, 11) is 0. The second kappa shape index (κ2) is 5.70. The van der Waals surface area contributed by atoms with Crippen LogP contribution in [-0.4, -0.2) is 25.5 Å². The molecular weight excluding hydrogens is 320 g/mol. The lowest BCUT2D eigenvalue weighted by Gasteiger charge is -2.05. The van der Waals surface area contributed by atoms with Crippen LogP contribution in [0.15, 0.2) is 35.1 Å². The van der Waals surface area contributed by atoms with Crippen LogP contribution in [0.1, 0.15) is 33.0 Å². The molecule has 0 bridgehead atoms. The molecule has 0 saturated carbocycles. The third kappa shape index (κ3) is 2.73. The number of rotatable bonds is 3. The Hall–Kier alpha value is -3.22. The number of fused-ring (bicyclic) bond motifs is 2. The summed E-state index contributed by atoms with van der Waals surface area (Å²) in [5.41, 5.74) is 4.65. The Morgan fingerprint density at radius 1 is 1.20 bits per heavy atom. The Labute approximate surface area is 143 Å². The SMILES string of the molecule is Cc1ccc2nc(COC(=O)c3cc(C)nc4onc(C)c34)cn2c1. The van der Waals surface area contributed by atoms with Crippen molar-refractivity contribution < 1.29 is 14.1 Å². The molecule has 4 aromatic rings. The average Bonchev–Trinajstić information content (AvgIpc) is 3.15. The fraction of sp³-hybridized carbons (Fsp3) is 0.222. The van der Waals surface area contributed by atoms with Crippen LogP contribution in [0.4, 0.5) is 0 Å². The summed E-state index contributed by atoms with van der Waals surface area (Å²) in [6, 6.07) is 5.60. The van der Waals surface area contributed by atoms with E-state index in [-0.39, 0.29) is 6.61 Å². The molecule has 4 rings (SSSR count). The molecule has 0 radical (unpaired) electrons. The highest BCUT2D eigenvalue weighted by molar-refractivity contribution is 6.03. The molecule has 0 saturated heterocycles. The van der Waals surface area contributed by atoms with Crippen molar-refractivity contribution in [2.24, 2.45) is 0 Å². The second-order valence-corrected chi connectivity index (χ2v) is 6.04. The third-order valence-corrected chi connectivity index (χ3v) is 3.97. The predicted molar refractivity (Wildman–Crippen MR) is 90.3 cm³/mol. The standard InChI is InChI=1S/C18H16N4O3/c1-10-4-5-15-20-13(8-22(15)7-10)9-24-18(23)14-6-11(2)19-17-16(14)12(3)21-25-17/h4-8H,9H2,1-3H3. The fourth-order valence-corrected chi connectivity index (χ4v) is 2.82. The minimum atomic E-state index is -0.449. The van der Waals surface area contributed by atoms with Crippen molar-refractivity contribution in [3.8, 4) is 0 Å². The van der Waals surface area contributed by atoms with E-state index in [9.17, 15) is 4.79 Å². The Bertz CT molecular complexity index is 1110. The summed E-state index contributed by atoms with van der Waals surface area (Å²) < 4.78 is 12.5. The predicted octanol–water partition coefficient (Wildman–Crippen LogP) is 3.15. The van der Waals surface area contributed by atoms with Crippen LogP contribution in [0.2, 0.25) is 0 Å². The highest BCUT2D eigenvalue weighted by Gasteiger charge is 2.19. The van der Waals surface area contributed by atoms with E-state index in [1.165, 1.54) is 0 Å². The van der Waals surface area contributed by atoms with Crippen molar-refractivity contribution in [3.05, 3.63) is 58.8 Å². The van der Waals surface area contributed by atoms with Gasteiger partial charge in [-0.05, 0) is 38.5 Å². The Morgan fingerprint density at radius 3 is 2.88 bits per heavy atom. The first-order valence-electron chi connectivity index (χ1n) is 7.86. The minimum absolute atomic E-state index is 0.0900. The number of nitrogens with zero attached hydrogens (tertiary/aromatic N) is 4. The van der Waals surface area contributed by atoms with Gasteiger partial charge < -0.3 is 13.7 Å². The van der Waals surface area contributed by atoms with Crippen LogP contribution < -0.4 is 0 Å². The van der Waals surface area contributed by atoms with Gasteiger partial charge in [-0.25, -0.2) is 14.8 Å². The smallest absolute Gasteiger partial charge is 0.339 e. The van der Waals surface area contributed by atoms with Crippen molar-refractivity contribution in [2.75, 3.05) is 0 Å². The summed E-state index contributed by atoms with van der Waals surface area (Å²) in [6.07, 6.45) is 3.83. The summed E-state index contributed by atoms with van der Waals surface area (Å²) in [6.45, 7) is 5.66. The zero-order chi connectivity index (χ0) is 17.6. The van der Waals surface area contributed by atoms with Crippen LogP contribution in [-0.2, 0) is 11.3 Å². The third-order valence-electron chi connectivity index (χ3n) is 3.97. The highest BCUT2D eigenvalue weighted by Crippen LogP contribution is 2.23. The first-order valence-corrected chi connectivity index (χ1v) is 7.86. The van der Waals surface area contributed by atoms with Crippen LogP contribution in [0, 0.1) is 20.8 Å². The van der Waals surface area contributed by atoms with Crippen molar-refractivity contribution in [1.29, 1.82) is 0 Å². The lowest BCUT2D eigenvalue weighted by Crippen LogP contribution is -2.07. The van der Waals surface area contributed by atoms with Gasteiger partial charge in [-0.1, -0.05) is 11.2 Å². The van der Waals surface area contributed by atoms with Crippen molar-refractivity contribution >= 4 is 22.7 Å². The fourth-order valence-electron chi connectivity index (χ4n) is 2.82. The van der Waals surface area contributed by atoms with E-state index in [0.717, 1.165) is 11.2 Å². The lowest BCUT2D eigenvalue weighted by atomic mass is 10.1. The summed E-state index contributed by atoms with van der Waals surface area (Å²) in [4.78, 5) is 21.2. The van der Waals surface area contributed by atoms with E-state index in [4.69, 9.17) is 9.26 Å². The zero-order valence-corrected chi connectivity index (χ0v) is 14.1. The Morgan fingerprint density at radius 2 is 2.04 bits per heavy atom. The van der Waals surface area contributed by atoms with Crippen LogP contribution >= 0.6 is 0 Å². The number of aromatic nitrogens is 4. The van der Waals surface area contributed by atoms with E-state index in [0.29, 0.717) is 33.7 Å². The minimum Gasteiger partial charge on any atom is -0.455 e. The van der Waals surface area contributed by atoms with Crippen LogP contribution in [0.5, 0.6) is 0 Å². The number of pyridine rings is 2. The molecule has 0 spiro atoms. The lowest BCUT2D eigenvalue weighted by molar-refractivity contribution is 0.0470. The number of carbonyl (C=O) groups is 1. The maximum Gasteiger partial charge on any atom is 0.339 e. The molecule has 4 aromatic heterocycles. The van der Waals surface area contributed by atoms with E-state index in [2.05, 4.69) is 15.1 Å². The Balaban J connectivity index is 1.60. The summed E-state index contributed by atoms with van der Waals surface area (Å²) in [5.74, 6) is -0.449. The molecule has 0 atom stereocenters. The van der Waals surface area contributed by atoms with Crippen molar-refractivity contribution in [1.82, 2.24) is 19.5 Å². The molecule has 0 aromatic carbocycles. The van der Waals surface area contributed by atoms with Gasteiger partial charge in [-0.3, -0.25) is 0 Å². The topological polar surface area (TPSA) is 82.5 Å². The number of aryl methyl sites for hydroxylation is 3. The molecule has 126 valence electrons. The number of hydrogen-bond donors (Lipinski definition) is 0. The molecule has 0 unspecified atom stereocenters. The van der Waals surface area contributed by atoms with Gasteiger partial charge in [0.15, 0.2) is 0 Å². The number of hydrogen-bond acceptors (Lipinski definition) is 6. The first-order chi connectivity index (χ1) is 12.0. The van der Waals surface area contributed by atoms with Crippen LogP contribution in [0.3, 0.4) is 0 Å². The molecular formula is C18H16N4O3. The molecule has 0 aliphatic heterocycles. The molecule has 25 heavy (non-hydrogen) atoms. The maximum absolute atomic E-state index is 12.5. The van der Waals surface area contributed by atoms with E-state index >= 15 is 0 Å². The largest absolute Gasteiger partial charge is 0.455 e. The quantitative estimate of drug-likeness (QED) is 0.535. The normalized spacial score (nSPS) is 11.3. The van der Waals surface area contributed by atoms with Gasteiger partial charge in [0.05, 0.1) is 22.3 Å². The molecule has 0 fully saturated rings. The zero-order valence-electron chi connectivity index (χ0n) is 14.1. The average molecular weight is 336 g/mol. The highest BCUT2D eigenvalue weighted by atomic mass is 16.5. The van der Waals surface area contributed by atoms with Gasteiger partial charge in [-0.2, -0.15) is 0 Å². The maximum atomic E-state index is 12.5. The summed E-state index contributed by atoms with van der Waals surface area (Å²) in [5, 5.41) is 4.46. The van der Waals surface area contributed by atoms with Crippen LogP contribution in [0.25, 0.3) is 16.7 Å². The van der Waals surface area contributed by atoms with Gasteiger partial charge in [0.2, 0.25) is 0 Å². The van der Waals surface area contributed by atoms with Crippen molar-refractivity contribution in [3.63, 3.8) is 0 Å². The van der Waals surface area contributed by atoms with E-state index < -0.39 is 5.97 Å². The van der Waals surface area contributed by atoms with Gasteiger partial charge in [0, 0.05) is 18.1 Å². The van der Waals surface area contributed by atoms with Gasteiger partial charge in [0.25, 0.3) is 5.71 Å². The number of esters is 1. The monoisotopic (exact) mass is 336 g/mol. The van der Waals surface area contributed by atoms with Gasteiger partial charge in [0.1, 0.15) is 12.3 Å². The number of ether oxygens (including phenoxy) is 1. The molecule has 7 nitrogen and oxygen atoms in total. The second-order valence-electron chi connectivity index (χ2n) is 6.04. The number of carbonyl (C=O) groups excluding carboxylic acids is 1. The van der Waals surface area contributed by atoms with E-state index in [1.807, 2.05) is 35.9 Å². The molecule has 0 amide bonds. The van der Waals surface area contributed by atoms with E-state index in [1.54, 1.807) is 19.9 Å². The molecule has 0 aliphatic rings.